The maximum absolute atomic E-state index is 11.9. The molecular formula is C13H26N2O. The molecule has 3 heteroatoms. The molecule has 0 aromatic rings. The zero-order chi connectivity index (χ0) is 12.1. The van der Waals surface area contributed by atoms with E-state index in [4.69, 9.17) is 0 Å². The van der Waals surface area contributed by atoms with Gasteiger partial charge >= 0.3 is 6.03 Å². The molecule has 0 bridgehead atoms. The molecule has 16 heavy (non-hydrogen) atoms. The summed E-state index contributed by atoms with van der Waals surface area (Å²) in [6.45, 7) is 10.6. The van der Waals surface area contributed by atoms with Crippen molar-refractivity contribution in [2.45, 2.75) is 53.0 Å². The molecule has 0 spiro atoms. The summed E-state index contributed by atoms with van der Waals surface area (Å²) in [7, 11) is 0. The van der Waals surface area contributed by atoms with Crippen LogP contribution in [0.25, 0.3) is 0 Å². The maximum atomic E-state index is 11.9. The molecule has 1 N–H and O–H groups in total. The van der Waals surface area contributed by atoms with Crippen LogP contribution in [-0.2, 0) is 0 Å². The minimum atomic E-state index is 0.125. The fourth-order valence-corrected chi connectivity index (χ4v) is 2.28. The van der Waals surface area contributed by atoms with Gasteiger partial charge in [-0.15, -0.1) is 0 Å². The van der Waals surface area contributed by atoms with Gasteiger partial charge in [-0.25, -0.2) is 4.79 Å². The van der Waals surface area contributed by atoms with Crippen LogP contribution in [0.2, 0.25) is 0 Å². The van der Waals surface area contributed by atoms with E-state index in [0.29, 0.717) is 5.92 Å². The monoisotopic (exact) mass is 226 g/mol. The van der Waals surface area contributed by atoms with Gasteiger partial charge in [0.15, 0.2) is 0 Å². The van der Waals surface area contributed by atoms with E-state index in [1.807, 2.05) is 4.90 Å². The zero-order valence-electron chi connectivity index (χ0n) is 11.1. The predicted octanol–water partition coefficient (Wildman–Crippen LogP) is 2.86. The number of amides is 2. The highest BCUT2D eigenvalue weighted by atomic mass is 16.2. The third-order valence-corrected chi connectivity index (χ3v) is 3.27. The second-order valence-electron chi connectivity index (χ2n) is 5.65. The highest BCUT2D eigenvalue weighted by molar-refractivity contribution is 5.74. The minimum Gasteiger partial charge on any atom is -0.336 e. The fraction of sp³-hybridized carbons (Fsp3) is 0.923. The molecule has 0 aromatic carbocycles. The number of hydrogen-bond donors (Lipinski definition) is 1. The summed E-state index contributed by atoms with van der Waals surface area (Å²) in [5, 5.41) is 3.08. The van der Waals surface area contributed by atoms with Crippen LogP contribution in [0.3, 0.4) is 0 Å². The zero-order valence-corrected chi connectivity index (χ0v) is 11.1. The summed E-state index contributed by atoms with van der Waals surface area (Å²) in [5.41, 5.74) is 0. The van der Waals surface area contributed by atoms with Gasteiger partial charge in [-0.05, 0) is 38.0 Å². The van der Waals surface area contributed by atoms with Crippen LogP contribution in [-0.4, -0.2) is 30.1 Å². The number of rotatable bonds is 3. The summed E-state index contributed by atoms with van der Waals surface area (Å²) in [4.78, 5) is 13.9. The summed E-state index contributed by atoms with van der Waals surface area (Å²) < 4.78 is 0. The number of nitrogens with one attached hydrogen (secondary N) is 1. The van der Waals surface area contributed by atoms with Crippen molar-refractivity contribution in [3.63, 3.8) is 0 Å². The van der Waals surface area contributed by atoms with E-state index in [1.165, 1.54) is 0 Å². The van der Waals surface area contributed by atoms with Gasteiger partial charge < -0.3 is 10.2 Å². The van der Waals surface area contributed by atoms with Crippen molar-refractivity contribution in [1.82, 2.24) is 10.2 Å². The molecule has 0 aromatic heterocycles. The summed E-state index contributed by atoms with van der Waals surface area (Å²) in [6, 6.07) is 0.409. The lowest BCUT2D eigenvalue weighted by Crippen LogP contribution is -2.47. The van der Waals surface area contributed by atoms with E-state index in [-0.39, 0.29) is 12.1 Å². The third-order valence-electron chi connectivity index (χ3n) is 3.27. The Labute approximate surface area is 99.6 Å². The van der Waals surface area contributed by atoms with Gasteiger partial charge in [-0.1, -0.05) is 20.8 Å². The average Bonchev–Trinajstić information content (AvgIpc) is 2.16. The van der Waals surface area contributed by atoms with Gasteiger partial charge in [0.25, 0.3) is 0 Å². The van der Waals surface area contributed by atoms with Crippen molar-refractivity contribution >= 4 is 6.03 Å². The Hall–Kier alpha value is -0.730. The van der Waals surface area contributed by atoms with Crippen molar-refractivity contribution < 1.29 is 4.79 Å². The van der Waals surface area contributed by atoms with E-state index < -0.39 is 0 Å². The first-order chi connectivity index (χ1) is 7.49. The molecule has 94 valence electrons. The number of likely N-dealkylation sites (tertiary alicyclic amines) is 1. The molecule has 3 nitrogen and oxygen atoms in total. The highest BCUT2D eigenvalue weighted by Crippen LogP contribution is 2.16. The van der Waals surface area contributed by atoms with Gasteiger partial charge in [0, 0.05) is 19.1 Å². The van der Waals surface area contributed by atoms with Crippen LogP contribution < -0.4 is 5.32 Å². The van der Waals surface area contributed by atoms with Crippen LogP contribution in [0, 0.1) is 11.8 Å². The van der Waals surface area contributed by atoms with Crippen LogP contribution in [0.1, 0.15) is 47.0 Å². The molecule has 1 aliphatic rings. The Morgan fingerprint density at radius 1 is 1.31 bits per heavy atom. The summed E-state index contributed by atoms with van der Waals surface area (Å²) >= 11 is 0. The quantitative estimate of drug-likeness (QED) is 0.788. The largest absolute Gasteiger partial charge is 0.336 e. The minimum absolute atomic E-state index is 0.125. The summed E-state index contributed by atoms with van der Waals surface area (Å²) in [5.74, 6) is 1.41. The SMILES string of the molecule is CC(C)CC(C)NC(=O)N1CCC(C)CC1. The van der Waals surface area contributed by atoms with E-state index in [1.54, 1.807) is 0 Å². The molecule has 1 rings (SSSR count). The van der Waals surface area contributed by atoms with Crippen molar-refractivity contribution in [1.29, 1.82) is 0 Å². The Morgan fingerprint density at radius 2 is 1.88 bits per heavy atom. The number of urea groups is 1. The lowest BCUT2D eigenvalue weighted by Gasteiger charge is -2.31. The molecule has 1 saturated heterocycles. The smallest absolute Gasteiger partial charge is 0.317 e. The van der Waals surface area contributed by atoms with Gasteiger partial charge in [-0.2, -0.15) is 0 Å². The number of nitrogens with zero attached hydrogens (tertiary/aromatic N) is 1. The van der Waals surface area contributed by atoms with Crippen molar-refractivity contribution in [3.05, 3.63) is 0 Å². The molecule has 1 aliphatic heterocycles. The second-order valence-corrected chi connectivity index (χ2v) is 5.65. The van der Waals surface area contributed by atoms with Crippen molar-refractivity contribution in [2.24, 2.45) is 11.8 Å². The predicted molar refractivity (Wildman–Crippen MR) is 67.4 cm³/mol. The number of carbonyl (C=O) groups is 1. The lowest BCUT2D eigenvalue weighted by molar-refractivity contribution is 0.170. The van der Waals surface area contributed by atoms with E-state index in [9.17, 15) is 4.79 Å². The summed E-state index contributed by atoms with van der Waals surface area (Å²) in [6.07, 6.45) is 3.34. The fourth-order valence-electron chi connectivity index (χ4n) is 2.28. The van der Waals surface area contributed by atoms with Gasteiger partial charge in [0.1, 0.15) is 0 Å². The molecule has 1 fully saturated rings. The van der Waals surface area contributed by atoms with Crippen molar-refractivity contribution in [2.75, 3.05) is 13.1 Å². The molecule has 2 amide bonds. The first-order valence-corrected chi connectivity index (χ1v) is 6.54. The molecule has 1 atom stereocenters. The van der Waals surface area contributed by atoms with Crippen LogP contribution >= 0.6 is 0 Å². The Bertz CT molecular complexity index is 220. The number of carbonyl (C=O) groups excluding carboxylic acids is 1. The standard InChI is InChI=1S/C13H26N2O/c1-10(2)9-12(4)14-13(16)15-7-5-11(3)6-8-15/h10-12H,5-9H2,1-4H3,(H,14,16). The molecule has 0 saturated carbocycles. The van der Waals surface area contributed by atoms with E-state index >= 15 is 0 Å². The topological polar surface area (TPSA) is 32.3 Å². The van der Waals surface area contributed by atoms with Crippen LogP contribution in [0.5, 0.6) is 0 Å². The van der Waals surface area contributed by atoms with E-state index in [0.717, 1.165) is 38.3 Å². The van der Waals surface area contributed by atoms with Crippen LogP contribution in [0.4, 0.5) is 4.79 Å². The Balaban J connectivity index is 2.29. The van der Waals surface area contributed by atoms with Crippen molar-refractivity contribution in [3.8, 4) is 0 Å². The number of piperidine rings is 1. The molecule has 1 unspecified atom stereocenters. The lowest BCUT2D eigenvalue weighted by atomic mass is 9.99. The third kappa shape index (κ3) is 4.42. The number of hydrogen-bond acceptors (Lipinski definition) is 1. The van der Waals surface area contributed by atoms with Gasteiger partial charge in [-0.3, -0.25) is 0 Å². The van der Waals surface area contributed by atoms with Gasteiger partial charge in [0.05, 0.1) is 0 Å². The Morgan fingerprint density at radius 3 is 2.38 bits per heavy atom. The van der Waals surface area contributed by atoms with E-state index in [2.05, 4.69) is 33.0 Å². The van der Waals surface area contributed by atoms with Crippen LogP contribution in [0.15, 0.2) is 0 Å². The molecular weight excluding hydrogens is 200 g/mol. The highest BCUT2D eigenvalue weighted by Gasteiger charge is 2.21. The normalized spacial score (nSPS) is 19.9. The molecule has 1 heterocycles. The average molecular weight is 226 g/mol. The first-order valence-electron chi connectivity index (χ1n) is 6.54. The molecule has 0 aliphatic carbocycles. The Kier molecular flexibility index (Phi) is 5.10. The van der Waals surface area contributed by atoms with Gasteiger partial charge in [0.2, 0.25) is 0 Å². The first kappa shape index (κ1) is 13.3. The maximum Gasteiger partial charge on any atom is 0.317 e. The molecule has 0 radical (unpaired) electrons. The second kappa shape index (κ2) is 6.12.